The molecule has 0 aromatic heterocycles. The van der Waals surface area contributed by atoms with E-state index in [2.05, 4.69) is 9.47 Å². The van der Waals surface area contributed by atoms with Gasteiger partial charge in [0.05, 0.1) is 13.7 Å². The first-order chi connectivity index (χ1) is 5.45. The third kappa shape index (κ3) is 7.38. The number of carbonyl (C=O) groups excluding carboxylic acids is 1. The third-order valence-electron chi connectivity index (χ3n) is 0.991. The summed E-state index contributed by atoms with van der Waals surface area (Å²) in [6.07, 6.45) is -1.12. The Balaban J connectivity index is 3.28. The molecule has 0 heterocycles. The molecule has 0 aliphatic rings. The predicted octanol–water partition coefficient (Wildman–Crippen LogP) is 2.01. The first-order valence-electron chi connectivity index (χ1n) is 3.23. The highest BCUT2D eigenvalue weighted by molar-refractivity contribution is 6.58. The summed E-state index contributed by atoms with van der Waals surface area (Å²) in [6.45, 7) is -0.237. The molecule has 3 nitrogen and oxygen atoms in total. The van der Waals surface area contributed by atoms with Crippen LogP contribution in [-0.4, -0.2) is 28.9 Å². The van der Waals surface area contributed by atoms with Crippen molar-refractivity contribution in [2.75, 3.05) is 13.7 Å². The van der Waals surface area contributed by atoms with Gasteiger partial charge < -0.3 is 9.47 Å². The van der Waals surface area contributed by atoms with Crippen molar-refractivity contribution in [2.45, 2.75) is 12.5 Å². The fourth-order valence-corrected chi connectivity index (χ4v) is 1.03. The molecule has 72 valence electrons. The van der Waals surface area contributed by atoms with Crippen LogP contribution in [0.15, 0.2) is 0 Å². The molecule has 0 aliphatic heterocycles. The molecular weight excluding hydrogens is 193 g/mol. The Labute approximate surface area is 69.0 Å². The second-order valence-corrected chi connectivity index (χ2v) is 3.75. The fraction of sp³-hybridized carbons (Fsp3) is 0.800. The van der Waals surface area contributed by atoms with Gasteiger partial charge in [0.25, 0.3) is 0 Å². The van der Waals surface area contributed by atoms with Gasteiger partial charge in [-0.05, 0) is 6.42 Å². The summed E-state index contributed by atoms with van der Waals surface area (Å²) in [7, 11) is -4.37. The first-order valence-corrected chi connectivity index (χ1v) is 5.07. The Hall–Kier alpha value is -0.723. The van der Waals surface area contributed by atoms with E-state index in [4.69, 9.17) is 0 Å². The Kier molecular flexibility index (Phi) is 4.71. The van der Waals surface area contributed by atoms with Crippen LogP contribution in [0.5, 0.6) is 0 Å². The van der Waals surface area contributed by atoms with Crippen molar-refractivity contribution < 1.29 is 26.6 Å². The molecule has 0 aromatic carbocycles. The summed E-state index contributed by atoms with van der Waals surface area (Å²) in [4.78, 5) is 10.2. The second-order valence-electron chi connectivity index (χ2n) is 2.02. The molecule has 7 heteroatoms. The zero-order valence-corrected chi connectivity index (χ0v) is 7.48. The minimum atomic E-state index is -5.47. The number of ether oxygens (including phenoxy) is 2. The summed E-state index contributed by atoms with van der Waals surface area (Å²) in [6, 6.07) is -0.815. The topological polar surface area (TPSA) is 35.5 Å². The molecule has 0 fully saturated rings. The average Bonchev–Trinajstić information content (AvgIpc) is 1.96. The van der Waals surface area contributed by atoms with Crippen molar-refractivity contribution in [1.82, 2.24) is 0 Å². The summed E-state index contributed by atoms with van der Waals surface area (Å²) in [5, 5.41) is 0. The fourth-order valence-electron chi connectivity index (χ4n) is 0.487. The molecule has 0 N–H and O–H groups in total. The Bertz CT molecular complexity index is 147. The highest BCUT2D eigenvalue weighted by Gasteiger charge is 2.35. The minimum absolute atomic E-state index is 0.176. The van der Waals surface area contributed by atoms with E-state index in [0.29, 0.717) is 0 Å². The largest absolute Gasteiger partial charge is 0.616 e. The molecule has 0 aromatic rings. The van der Waals surface area contributed by atoms with Crippen LogP contribution in [0.1, 0.15) is 6.42 Å². The molecule has 0 saturated heterocycles. The lowest BCUT2D eigenvalue weighted by Gasteiger charge is -2.03. The quantitative estimate of drug-likeness (QED) is 0.303. The SMILES string of the molecule is COC(=O)OCCC[Si](F)(F)F. The Morgan fingerprint density at radius 1 is 1.42 bits per heavy atom. The maximum atomic E-state index is 11.6. The molecule has 0 rings (SSSR count). The summed E-state index contributed by atoms with van der Waals surface area (Å²) < 4.78 is 43.2. The van der Waals surface area contributed by atoms with E-state index in [1.54, 1.807) is 0 Å². The second kappa shape index (κ2) is 5.02. The van der Waals surface area contributed by atoms with Crippen molar-refractivity contribution in [2.24, 2.45) is 0 Å². The molecule has 0 spiro atoms. The maximum absolute atomic E-state index is 11.6. The lowest BCUT2D eigenvalue weighted by Crippen LogP contribution is -2.15. The first kappa shape index (κ1) is 11.3. The molecule has 12 heavy (non-hydrogen) atoms. The van der Waals surface area contributed by atoms with Crippen molar-refractivity contribution >= 4 is 15.2 Å². The molecule has 0 unspecified atom stereocenters. The average molecular weight is 202 g/mol. The number of carbonyl (C=O) groups is 1. The Morgan fingerprint density at radius 3 is 2.42 bits per heavy atom. The van der Waals surface area contributed by atoms with Crippen LogP contribution in [-0.2, 0) is 9.47 Å². The van der Waals surface area contributed by atoms with Gasteiger partial charge in [0.15, 0.2) is 0 Å². The van der Waals surface area contributed by atoms with Gasteiger partial charge in [-0.3, -0.25) is 0 Å². The van der Waals surface area contributed by atoms with Gasteiger partial charge in [0.2, 0.25) is 0 Å². The molecule has 0 aliphatic carbocycles. The van der Waals surface area contributed by atoms with Crippen LogP contribution in [0.4, 0.5) is 17.1 Å². The van der Waals surface area contributed by atoms with Gasteiger partial charge in [-0.2, -0.15) is 0 Å². The summed E-state index contributed by atoms with van der Waals surface area (Å²) in [5.74, 6) is 0. The van der Waals surface area contributed by atoms with Crippen LogP contribution in [0.2, 0.25) is 6.04 Å². The predicted molar refractivity (Wildman–Crippen MR) is 36.9 cm³/mol. The lowest BCUT2D eigenvalue weighted by atomic mass is 10.5. The summed E-state index contributed by atoms with van der Waals surface area (Å²) >= 11 is 0. The standard InChI is InChI=1S/C5H9F3O3Si/c1-10-5(9)11-3-2-4-12(6,7)8/h2-4H2,1H3. The van der Waals surface area contributed by atoms with Crippen molar-refractivity contribution in [3.05, 3.63) is 0 Å². The van der Waals surface area contributed by atoms with Gasteiger partial charge in [0, 0.05) is 6.04 Å². The van der Waals surface area contributed by atoms with E-state index >= 15 is 0 Å². The third-order valence-corrected chi connectivity index (χ3v) is 1.91. The van der Waals surface area contributed by atoms with Gasteiger partial charge >= 0.3 is 15.2 Å². The van der Waals surface area contributed by atoms with Gasteiger partial charge in [-0.25, -0.2) is 17.1 Å². The highest BCUT2D eigenvalue weighted by Crippen LogP contribution is 2.16. The van der Waals surface area contributed by atoms with Crippen LogP contribution in [0.3, 0.4) is 0 Å². The molecule has 0 atom stereocenters. The number of hydrogen-bond acceptors (Lipinski definition) is 3. The zero-order chi connectivity index (χ0) is 9.61. The highest BCUT2D eigenvalue weighted by atomic mass is 28.5. The van der Waals surface area contributed by atoms with Crippen molar-refractivity contribution in [1.29, 1.82) is 0 Å². The monoisotopic (exact) mass is 202 g/mol. The molecular formula is C5H9F3O3Si. The summed E-state index contributed by atoms with van der Waals surface area (Å²) in [5.41, 5.74) is 0. The van der Waals surface area contributed by atoms with E-state index in [1.807, 2.05) is 0 Å². The van der Waals surface area contributed by atoms with E-state index in [0.717, 1.165) is 7.11 Å². The smallest absolute Gasteiger partial charge is 0.438 e. The lowest BCUT2D eigenvalue weighted by molar-refractivity contribution is 0.0724. The molecule has 0 radical (unpaired) electrons. The number of rotatable bonds is 4. The van der Waals surface area contributed by atoms with Crippen molar-refractivity contribution in [3.8, 4) is 0 Å². The van der Waals surface area contributed by atoms with E-state index in [9.17, 15) is 17.1 Å². The molecule has 0 amide bonds. The maximum Gasteiger partial charge on any atom is 0.616 e. The number of halogens is 3. The van der Waals surface area contributed by atoms with Gasteiger partial charge in [-0.1, -0.05) is 0 Å². The molecule has 0 saturated carbocycles. The Morgan fingerprint density at radius 2 is 2.00 bits per heavy atom. The van der Waals surface area contributed by atoms with Crippen LogP contribution >= 0.6 is 0 Å². The van der Waals surface area contributed by atoms with E-state index in [-0.39, 0.29) is 13.0 Å². The number of hydrogen-bond donors (Lipinski definition) is 0. The van der Waals surface area contributed by atoms with Gasteiger partial charge in [0.1, 0.15) is 0 Å². The van der Waals surface area contributed by atoms with Gasteiger partial charge in [-0.15, -0.1) is 0 Å². The van der Waals surface area contributed by atoms with Crippen molar-refractivity contribution in [3.63, 3.8) is 0 Å². The zero-order valence-electron chi connectivity index (χ0n) is 6.48. The number of methoxy groups -OCH3 is 1. The van der Waals surface area contributed by atoms with E-state index in [1.165, 1.54) is 0 Å². The van der Waals surface area contributed by atoms with Crippen LogP contribution in [0, 0.1) is 0 Å². The minimum Gasteiger partial charge on any atom is -0.438 e. The normalized spacial score (nSPS) is 11.0. The van der Waals surface area contributed by atoms with Crippen LogP contribution in [0.25, 0.3) is 0 Å². The van der Waals surface area contributed by atoms with E-state index < -0.39 is 21.3 Å². The van der Waals surface area contributed by atoms with Crippen LogP contribution < -0.4 is 0 Å². The molecule has 0 bridgehead atoms.